The molecular weight excluding hydrogens is 460 g/mol. The van der Waals surface area contributed by atoms with Crippen LogP contribution in [-0.4, -0.2) is 0 Å². The predicted molar refractivity (Wildman–Crippen MR) is 137 cm³/mol. The first-order chi connectivity index (χ1) is 17.6. The smallest absolute Gasteiger partial charge is 0.198 e. The first kappa shape index (κ1) is 20.9. The standard InChI is InChI=1S/C32H16F4/c33-29-23-15-21-22(16-24(23)30(34)32(36)31(29)35)28-26(18-11-5-2-6-12-18)20-14-8-7-13-19(20)25(27(21)28)17-9-3-1-4-10-17/h1-16H. The molecular formula is C32H16F4. The van der Waals surface area contributed by atoms with E-state index in [0.717, 1.165) is 44.2 Å². The lowest BCUT2D eigenvalue weighted by atomic mass is 9.70. The molecule has 0 heterocycles. The highest BCUT2D eigenvalue weighted by atomic mass is 19.2. The van der Waals surface area contributed by atoms with Gasteiger partial charge < -0.3 is 0 Å². The molecule has 0 saturated carbocycles. The van der Waals surface area contributed by atoms with Crippen molar-refractivity contribution < 1.29 is 17.6 Å². The van der Waals surface area contributed by atoms with Crippen LogP contribution in [0.25, 0.3) is 66.1 Å². The molecule has 0 aliphatic heterocycles. The van der Waals surface area contributed by atoms with Crippen LogP contribution in [0.1, 0.15) is 0 Å². The van der Waals surface area contributed by atoms with Gasteiger partial charge in [-0.3, -0.25) is 0 Å². The van der Waals surface area contributed by atoms with E-state index in [1.807, 2.05) is 72.8 Å². The average Bonchev–Trinajstić information content (AvgIpc) is 2.93. The van der Waals surface area contributed by atoms with E-state index in [1.165, 1.54) is 12.1 Å². The van der Waals surface area contributed by atoms with Crippen molar-refractivity contribution in [1.82, 2.24) is 0 Å². The van der Waals surface area contributed by atoms with Gasteiger partial charge >= 0.3 is 0 Å². The van der Waals surface area contributed by atoms with Gasteiger partial charge in [0.05, 0.1) is 0 Å². The fraction of sp³-hybridized carbons (Fsp3) is 0. The number of benzene rings is 6. The van der Waals surface area contributed by atoms with Crippen LogP contribution in [0, 0.1) is 23.3 Å². The number of fused-ring (bicyclic) bond motifs is 6. The maximum Gasteiger partial charge on any atom is 0.198 e. The Morgan fingerprint density at radius 3 is 1.08 bits per heavy atom. The molecule has 0 saturated heterocycles. The lowest BCUT2D eigenvalue weighted by Crippen LogP contribution is -2.07. The van der Waals surface area contributed by atoms with E-state index in [1.54, 1.807) is 0 Å². The van der Waals surface area contributed by atoms with Crippen LogP contribution in [0.2, 0.25) is 0 Å². The number of halogens is 4. The van der Waals surface area contributed by atoms with Crippen LogP contribution >= 0.6 is 0 Å². The molecule has 4 heteroatoms. The van der Waals surface area contributed by atoms with E-state index in [4.69, 9.17) is 0 Å². The molecule has 0 bridgehead atoms. The van der Waals surface area contributed by atoms with Crippen LogP contribution in [-0.2, 0) is 0 Å². The zero-order valence-corrected chi connectivity index (χ0v) is 18.7. The predicted octanol–water partition coefficient (Wildman–Crippen LogP) is 9.53. The third-order valence-corrected chi connectivity index (χ3v) is 7.09. The highest BCUT2D eigenvalue weighted by Gasteiger charge is 2.34. The van der Waals surface area contributed by atoms with Crippen molar-refractivity contribution in [2.45, 2.75) is 0 Å². The molecule has 0 atom stereocenters. The van der Waals surface area contributed by atoms with E-state index in [9.17, 15) is 17.6 Å². The highest BCUT2D eigenvalue weighted by Crippen LogP contribution is 2.59. The number of hydrogen-bond acceptors (Lipinski definition) is 0. The van der Waals surface area contributed by atoms with Gasteiger partial charge in [0.2, 0.25) is 0 Å². The summed E-state index contributed by atoms with van der Waals surface area (Å²) in [5.74, 6) is -6.37. The van der Waals surface area contributed by atoms with Gasteiger partial charge in [-0.1, -0.05) is 84.9 Å². The van der Waals surface area contributed by atoms with E-state index in [2.05, 4.69) is 12.1 Å². The minimum absolute atomic E-state index is 0.274. The molecule has 1 aliphatic carbocycles. The molecule has 7 rings (SSSR count). The molecule has 0 spiro atoms. The summed E-state index contributed by atoms with van der Waals surface area (Å²) in [5.41, 5.74) is 7.04. The van der Waals surface area contributed by atoms with Gasteiger partial charge in [0, 0.05) is 10.8 Å². The Labute approximate surface area is 204 Å². The molecule has 1 aliphatic rings. The molecule has 0 fully saturated rings. The first-order valence-electron chi connectivity index (χ1n) is 11.6. The van der Waals surface area contributed by atoms with Crippen molar-refractivity contribution >= 4 is 21.5 Å². The summed E-state index contributed by atoms with van der Waals surface area (Å²) < 4.78 is 57.8. The van der Waals surface area contributed by atoms with Crippen LogP contribution < -0.4 is 0 Å². The summed E-state index contributed by atoms with van der Waals surface area (Å²) in [6.07, 6.45) is 0. The van der Waals surface area contributed by atoms with Crippen LogP contribution in [0.15, 0.2) is 97.1 Å². The molecule has 0 N–H and O–H groups in total. The second-order valence-corrected chi connectivity index (χ2v) is 8.98. The molecule has 0 nitrogen and oxygen atoms in total. The lowest BCUT2D eigenvalue weighted by Gasteiger charge is -2.32. The van der Waals surface area contributed by atoms with E-state index >= 15 is 0 Å². The summed E-state index contributed by atoms with van der Waals surface area (Å²) in [6, 6.07) is 30.7. The third-order valence-electron chi connectivity index (χ3n) is 7.09. The molecule has 36 heavy (non-hydrogen) atoms. The summed E-state index contributed by atoms with van der Waals surface area (Å²) in [4.78, 5) is 0. The highest BCUT2D eigenvalue weighted by molar-refractivity contribution is 6.25. The van der Waals surface area contributed by atoms with E-state index in [-0.39, 0.29) is 10.8 Å². The van der Waals surface area contributed by atoms with Crippen molar-refractivity contribution in [2.24, 2.45) is 0 Å². The molecule has 0 amide bonds. The van der Waals surface area contributed by atoms with Gasteiger partial charge in [-0.2, -0.15) is 0 Å². The van der Waals surface area contributed by atoms with Gasteiger partial charge in [0.1, 0.15) is 0 Å². The second kappa shape index (κ2) is 7.53. The Morgan fingerprint density at radius 2 is 0.694 bits per heavy atom. The van der Waals surface area contributed by atoms with Gasteiger partial charge in [-0.15, -0.1) is 0 Å². The summed E-state index contributed by atoms with van der Waals surface area (Å²) in [6.45, 7) is 0. The van der Waals surface area contributed by atoms with Gasteiger partial charge in [0.25, 0.3) is 0 Å². The topological polar surface area (TPSA) is 0 Å². The molecule has 0 radical (unpaired) electrons. The molecule has 172 valence electrons. The average molecular weight is 476 g/mol. The minimum atomic E-state index is -1.80. The zero-order valence-electron chi connectivity index (χ0n) is 18.7. The fourth-order valence-electron chi connectivity index (χ4n) is 5.53. The van der Waals surface area contributed by atoms with Gasteiger partial charge in [-0.05, 0) is 67.4 Å². The fourth-order valence-corrected chi connectivity index (χ4v) is 5.53. The Kier molecular flexibility index (Phi) is 4.37. The third kappa shape index (κ3) is 2.70. The van der Waals surface area contributed by atoms with Gasteiger partial charge in [0.15, 0.2) is 23.3 Å². The molecule has 6 aromatic rings. The van der Waals surface area contributed by atoms with Crippen molar-refractivity contribution in [2.75, 3.05) is 0 Å². The summed E-state index contributed by atoms with van der Waals surface area (Å²) in [5, 5.41) is 1.49. The van der Waals surface area contributed by atoms with Crippen LogP contribution in [0.4, 0.5) is 17.6 Å². The number of hydrogen-bond donors (Lipinski definition) is 0. The lowest BCUT2D eigenvalue weighted by molar-refractivity contribution is 0.418. The van der Waals surface area contributed by atoms with Crippen molar-refractivity contribution in [3.8, 4) is 44.5 Å². The first-order valence-corrected chi connectivity index (χ1v) is 11.6. The monoisotopic (exact) mass is 476 g/mol. The normalized spacial score (nSPS) is 11.9. The second-order valence-electron chi connectivity index (χ2n) is 8.98. The Balaban J connectivity index is 1.68. The van der Waals surface area contributed by atoms with Crippen molar-refractivity contribution in [1.29, 1.82) is 0 Å². The quantitative estimate of drug-likeness (QED) is 0.132. The minimum Gasteiger partial charge on any atom is -0.203 e. The van der Waals surface area contributed by atoms with Crippen LogP contribution in [0.3, 0.4) is 0 Å². The van der Waals surface area contributed by atoms with Crippen molar-refractivity contribution in [3.05, 3.63) is 120 Å². The van der Waals surface area contributed by atoms with E-state index < -0.39 is 23.3 Å². The summed E-state index contributed by atoms with van der Waals surface area (Å²) in [7, 11) is 0. The maximum atomic E-state index is 14.8. The van der Waals surface area contributed by atoms with Gasteiger partial charge in [-0.25, -0.2) is 17.6 Å². The Morgan fingerprint density at radius 1 is 0.333 bits per heavy atom. The zero-order chi connectivity index (χ0) is 24.6. The Hall–Kier alpha value is -4.44. The van der Waals surface area contributed by atoms with Crippen molar-refractivity contribution in [3.63, 3.8) is 0 Å². The number of rotatable bonds is 2. The molecule has 0 unspecified atom stereocenters. The molecule has 0 aromatic heterocycles. The van der Waals surface area contributed by atoms with Crippen LogP contribution in [0.5, 0.6) is 0 Å². The maximum absolute atomic E-state index is 14.8. The largest absolute Gasteiger partial charge is 0.203 e. The van der Waals surface area contributed by atoms with E-state index in [0.29, 0.717) is 11.1 Å². The SMILES string of the molecule is Fc1c(F)c(F)c2cc3c(cc2c1F)-c1c-3c(-c2ccccc2)c2ccccc2c1-c1ccccc1. The Bertz CT molecular complexity index is 1720. The summed E-state index contributed by atoms with van der Waals surface area (Å²) >= 11 is 0. The molecule has 6 aromatic carbocycles.